The van der Waals surface area contributed by atoms with Crippen LogP contribution in [0.3, 0.4) is 0 Å². The molecule has 1 aromatic carbocycles. The Morgan fingerprint density at radius 1 is 1.33 bits per heavy atom. The van der Waals surface area contributed by atoms with Crippen LogP contribution in [-0.4, -0.2) is 29.0 Å². The molecule has 7 nitrogen and oxygen atoms in total. The Morgan fingerprint density at radius 2 is 2.15 bits per heavy atom. The van der Waals surface area contributed by atoms with E-state index < -0.39 is 5.97 Å². The zero-order valence-electron chi connectivity index (χ0n) is 14.2. The monoisotopic (exact) mass is 382 g/mol. The molecule has 0 spiro atoms. The van der Waals surface area contributed by atoms with Gasteiger partial charge in [0.05, 0.1) is 24.2 Å². The summed E-state index contributed by atoms with van der Waals surface area (Å²) >= 11 is 0.925. The first kappa shape index (κ1) is 17.0. The van der Waals surface area contributed by atoms with Crippen molar-refractivity contribution in [2.75, 3.05) is 7.11 Å². The highest BCUT2D eigenvalue weighted by molar-refractivity contribution is 7.10. The van der Waals surface area contributed by atoms with Gasteiger partial charge in [0.2, 0.25) is 11.6 Å². The number of thiazole rings is 1. The molecule has 0 aliphatic carbocycles. The zero-order valence-corrected chi connectivity index (χ0v) is 15.0. The second kappa shape index (κ2) is 6.73. The number of hydrogen-bond donors (Lipinski definition) is 1. The fourth-order valence-corrected chi connectivity index (χ4v) is 3.61. The number of nitrogens with zero attached hydrogens (tertiary/aromatic N) is 2. The molecular formula is C19H14N2O5S. The third kappa shape index (κ3) is 3.11. The molecule has 2 aromatic heterocycles. The largest absolute Gasteiger partial charge is 0.493 e. The number of methoxy groups -OCH3 is 1. The number of aromatic nitrogens is 1. The average molecular weight is 382 g/mol. The molecule has 1 N–H and O–H groups in total. The molecule has 0 atom stereocenters. The second-order valence-corrected chi connectivity index (χ2v) is 6.77. The normalized spacial score (nSPS) is 13.9. The number of allylic oxidation sites excluding steroid dienone is 1. The summed E-state index contributed by atoms with van der Waals surface area (Å²) in [7, 11) is 1.25. The molecule has 27 heavy (non-hydrogen) atoms. The number of esters is 1. The number of aliphatic imine (C=N–C) groups is 1. The first-order valence-corrected chi connectivity index (χ1v) is 8.83. The van der Waals surface area contributed by atoms with Gasteiger partial charge >= 0.3 is 10.8 Å². The second-order valence-electron chi connectivity index (χ2n) is 5.77. The molecule has 3 aromatic rings. The smallest absolute Gasteiger partial charge is 0.373 e. The minimum absolute atomic E-state index is 0.00596. The predicted octanol–water partition coefficient (Wildman–Crippen LogP) is 3.30. The standard InChI is InChI=1S/C19H14N2O5S/c1-25-18(23)15-7-6-12(26-15)10-21-17(22)16(27-19(21)24)8-11-9-20-14-5-3-2-4-13(11)14/h2-9,22H,10H2,1H3. The maximum atomic E-state index is 12.3. The molecule has 0 unspecified atom stereocenters. The van der Waals surface area contributed by atoms with Gasteiger partial charge in [-0.25, -0.2) is 4.79 Å². The van der Waals surface area contributed by atoms with Gasteiger partial charge in [0.25, 0.3) is 0 Å². The Morgan fingerprint density at radius 3 is 2.96 bits per heavy atom. The highest BCUT2D eigenvalue weighted by Gasteiger charge is 2.18. The fourth-order valence-electron chi connectivity index (χ4n) is 2.77. The summed E-state index contributed by atoms with van der Waals surface area (Å²) in [6.45, 7) is 0.00596. The van der Waals surface area contributed by atoms with Crippen LogP contribution in [0.1, 0.15) is 26.8 Å². The van der Waals surface area contributed by atoms with Crippen LogP contribution >= 0.6 is 11.3 Å². The van der Waals surface area contributed by atoms with Gasteiger partial charge in [-0.2, -0.15) is 0 Å². The number of rotatable bonds is 4. The van der Waals surface area contributed by atoms with Crippen LogP contribution in [0.25, 0.3) is 11.6 Å². The van der Waals surface area contributed by atoms with E-state index in [0.29, 0.717) is 10.6 Å². The average Bonchev–Trinajstić information content (AvgIpc) is 3.37. The van der Waals surface area contributed by atoms with Crippen molar-refractivity contribution in [2.24, 2.45) is 4.99 Å². The van der Waals surface area contributed by atoms with Crippen LogP contribution in [0.2, 0.25) is 0 Å². The highest BCUT2D eigenvalue weighted by atomic mass is 32.1. The van der Waals surface area contributed by atoms with Crippen molar-refractivity contribution in [2.45, 2.75) is 6.54 Å². The maximum absolute atomic E-state index is 12.3. The third-order valence-electron chi connectivity index (χ3n) is 4.10. The number of furan rings is 1. The van der Waals surface area contributed by atoms with Crippen LogP contribution in [0.5, 0.6) is 5.88 Å². The van der Waals surface area contributed by atoms with E-state index in [4.69, 9.17) is 4.42 Å². The van der Waals surface area contributed by atoms with E-state index in [0.717, 1.165) is 28.2 Å². The van der Waals surface area contributed by atoms with Crippen LogP contribution in [0, 0.1) is 0 Å². The van der Waals surface area contributed by atoms with Gasteiger partial charge in [0.15, 0.2) is 0 Å². The van der Waals surface area contributed by atoms with E-state index in [-0.39, 0.29) is 23.1 Å². The number of fused-ring (bicyclic) bond motifs is 1. The van der Waals surface area contributed by atoms with Crippen molar-refractivity contribution in [3.05, 3.63) is 68.0 Å². The summed E-state index contributed by atoms with van der Waals surface area (Å²) in [5, 5.41) is 10.5. The minimum Gasteiger partial charge on any atom is -0.493 e. The topological polar surface area (TPSA) is 94.0 Å². The van der Waals surface area contributed by atoms with Gasteiger partial charge < -0.3 is 14.3 Å². The maximum Gasteiger partial charge on any atom is 0.373 e. The number of carbonyl (C=O) groups is 1. The molecule has 1 aliphatic rings. The van der Waals surface area contributed by atoms with Crippen molar-refractivity contribution in [1.29, 1.82) is 0 Å². The molecular weight excluding hydrogens is 368 g/mol. The van der Waals surface area contributed by atoms with E-state index >= 15 is 0 Å². The number of carbonyl (C=O) groups excluding carboxylic acids is 1. The van der Waals surface area contributed by atoms with Crippen molar-refractivity contribution in [3.63, 3.8) is 0 Å². The fraction of sp³-hybridized carbons (Fsp3) is 0.105. The van der Waals surface area contributed by atoms with Crippen molar-refractivity contribution in [3.8, 4) is 5.88 Å². The van der Waals surface area contributed by atoms with Crippen LogP contribution in [0.15, 0.2) is 50.6 Å². The molecule has 8 heteroatoms. The Hall–Kier alpha value is -3.39. The molecule has 136 valence electrons. The van der Waals surface area contributed by atoms with Crippen molar-refractivity contribution < 1.29 is 19.1 Å². The van der Waals surface area contributed by atoms with E-state index in [2.05, 4.69) is 9.73 Å². The minimum atomic E-state index is -0.604. The van der Waals surface area contributed by atoms with Crippen molar-refractivity contribution >= 4 is 40.9 Å². The van der Waals surface area contributed by atoms with Crippen LogP contribution in [0.4, 0.5) is 5.69 Å². The molecule has 3 heterocycles. The molecule has 4 rings (SSSR count). The first-order valence-electron chi connectivity index (χ1n) is 8.01. The summed E-state index contributed by atoms with van der Waals surface area (Å²) in [6.07, 6.45) is 3.43. The molecule has 0 radical (unpaired) electrons. The molecule has 0 bridgehead atoms. The number of para-hydroxylation sites is 1. The summed E-state index contributed by atoms with van der Waals surface area (Å²) < 4.78 is 11.1. The first-order chi connectivity index (χ1) is 13.1. The highest BCUT2D eigenvalue weighted by Crippen LogP contribution is 2.34. The van der Waals surface area contributed by atoms with E-state index in [1.54, 1.807) is 18.4 Å². The summed E-state index contributed by atoms with van der Waals surface area (Å²) in [4.78, 5) is 28.2. The quantitative estimate of drug-likeness (QED) is 0.699. The van der Waals surface area contributed by atoms with Gasteiger partial charge in [-0.05, 0) is 24.3 Å². The summed E-state index contributed by atoms with van der Waals surface area (Å²) in [5.41, 5.74) is 2.61. The lowest BCUT2D eigenvalue weighted by Gasteiger charge is -2.02. The molecule has 0 saturated carbocycles. The Balaban J connectivity index is 1.64. The van der Waals surface area contributed by atoms with Gasteiger partial charge in [-0.15, -0.1) is 0 Å². The van der Waals surface area contributed by atoms with Crippen LogP contribution in [-0.2, 0) is 11.3 Å². The summed E-state index contributed by atoms with van der Waals surface area (Å²) in [6, 6.07) is 10.7. The molecule has 0 amide bonds. The van der Waals surface area contributed by atoms with Crippen LogP contribution < -0.4 is 4.87 Å². The number of aromatic hydroxyl groups is 1. The summed E-state index contributed by atoms with van der Waals surface area (Å²) in [5.74, 6) is -0.368. The van der Waals surface area contributed by atoms with Gasteiger partial charge in [0, 0.05) is 17.4 Å². The number of ether oxygens (including phenoxy) is 1. The molecule has 0 fully saturated rings. The zero-order chi connectivity index (χ0) is 19.0. The Labute approximate surface area is 157 Å². The molecule has 0 saturated heterocycles. The third-order valence-corrected chi connectivity index (χ3v) is 5.02. The predicted molar refractivity (Wildman–Crippen MR) is 102 cm³/mol. The molecule has 1 aliphatic heterocycles. The van der Waals surface area contributed by atoms with Crippen molar-refractivity contribution in [1.82, 2.24) is 4.57 Å². The van der Waals surface area contributed by atoms with Gasteiger partial charge in [0.1, 0.15) is 5.76 Å². The Bertz CT molecular complexity index is 1150. The SMILES string of the molecule is COC(=O)c1ccc(Cn2c(O)c(C=C3C=Nc4ccccc43)sc2=O)o1. The van der Waals surface area contributed by atoms with Gasteiger partial charge in [-0.3, -0.25) is 14.4 Å². The van der Waals surface area contributed by atoms with E-state index in [1.165, 1.54) is 17.7 Å². The number of benzene rings is 1. The lowest BCUT2D eigenvalue weighted by molar-refractivity contribution is 0.0563. The lowest BCUT2D eigenvalue weighted by Crippen LogP contribution is -2.12. The number of hydrogen-bond acceptors (Lipinski definition) is 7. The van der Waals surface area contributed by atoms with E-state index in [1.807, 2.05) is 24.3 Å². The van der Waals surface area contributed by atoms with E-state index in [9.17, 15) is 14.7 Å². The lowest BCUT2D eigenvalue weighted by atomic mass is 10.1. The Kier molecular flexibility index (Phi) is 4.25. The van der Waals surface area contributed by atoms with Gasteiger partial charge in [-0.1, -0.05) is 29.5 Å².